The minimum absolute atomic E-state index is 0.176. The zero-order chi connectivity index (χ0) is 16.2. The molecule has 0 rings (SSSR count). The predicted molar refractivity (Wildman–Crippen MR) is 72.0 cm³/mol. The molecule has 0 saturated heterocycles. The fourth-order valence-corrected chi connectivity index (χ4v) is 0.123. The van der Waals surface area contributed by atoms with Gasteiger partial charge in [0.25, 0.3) is 0 Å². The van der Waals surface area contributed by atoms with Gasteiger partial charge in [-0.3, -0.25) is 0 Å². The summed E-state index contributed by atoms with van der Waals surface area (Å²) < 4.78 is 0. The molecule has 0 aromatic carbocycles. The Morgan fingerprint density at radius 1 is 0.789 bits per heavy atom. The summed E-state index contributed by atoms with van der Waals surface area (Å²) in [5.74, 6) is -2.72. The first-order valence-electron chi connectivity index (χ1n) is 5.11. The molecule has 0 aliphatic carbocycles. The third kappa shape index (κ3) is 21.5. The smallest absolute Gasteiger partial charge is 0.330 e. The highest BCUT2D eigenvalue weighted by Crippen LogP contribution is 1.87. The summed E-state index contributed by atoms with van der Waals surface area (Å²) in [5, 5.41) is 23.9. The summed E-state index contributed by atoms with van der Waals surface area (Å²) in [6.45, 7) is 12.5. The Balaban J connectivity index is -0.000000203. The number of aliphatic carboxylic acids is 3. The van der Waals surface area contributed by atoms with Gasteiger partial charge in [0.05, 0.1) is 0 Å². The van der Waals surface area contributed by atoms with Crippen LogP contribution in [0, 0.1) is 0 Å². The normalized spacial score (nSPS) is 8.95. The zero-order valence-electron chi connectivity index (χ0n) is 11.6. The first-order chi connectivity index (χ1) is 8.47. The molecule has 0 aromatic rings. The van der Waals surface area contributed by atoms with Gasteiger partial charge in [0.2, 0.25) is 0 Å². The zero-order valence-corrected chi connectivity index (χ0v) is 11.6. The summed E-state index contributed by atoms with van der Waals surface area (Å²) in [4.78, 5) is 29.1. The van der Waals surface area contributed by atoms with Crippen LogP contribution < -0.4 is 0 Å². The largest absolute Gasteiger partial charge is 0.478 e. The van der Waals surface area contributed by atoms with Crippen molar-refractivity contribution < 1.29 is 29.7 Å². The minimum atomic E-state index is -0.935. The van der Waals surface area contributed by atoms with E-state index in [-0.39, 0.29) is 11.1 Å². The number of carbonyl (C=O) groups is 3. The molecule has 6 nitrogen and oxygen atoms in total. The second-order valence-electron chi connectivity index (χ2n) is 3.45. The first kappa shape index (κ1) is 21.9. The summed E-state index contributed by atoms with van der Waals surface area (Å²) in [7, 11) is 0. The maximum atomic E-state index is 9.86. The van der Waals surface area contributed by atoms with Crippen molar-refractivity contribution in [3.05, 3.63) is 36.0 Å². The Hall–Kier alpha value is -2.37. The highest BCUT2D eigenvalue weighted by Gasteiger charge is 1.93. The van der Waals surface area contributed by atoms with Crippen molar-refractivity contribution in [3.8, 4) is 0 Å². The molecule has 0 aliphatic rings. The van der Waals surface area contributed by atoms with Gasteiger partial charge in [-0.05, 0) is 27.7 Å². The van der Waals surface area contributed by atoms with Gasteiger partial charge in [0.15, 0.2) is 0 Å². The number of rotatable bonds is 3. The van der Waals surface area contributed by atoms with Crippen LogP contribution in [-0.4, -0.2) is 33.2 Å². The van der Waals surface area contributed by atoms with Gasteiger partial charge in [-0.15, -0.1) is 0 Å². The van der Waals surface area contributed by atoms with Crippen LogP contribution in [0.5, 0.6) is 0 Å². The topological polar surface area (TPSA) is 112 Å². The van der Waals surface area contributed by atoms with Gasteiger partial charge in [-0.2, -0.15) is 0 Å². The fraction of sp³-hybridized carbons (Fsp3) is 0.308. The Labute approximate surface area is 112 Å². The Morgan fingerprint density at radius 2 is 1.00 bits per heavy atom. The Bertz CT molecular complexity index is 342. The molecule has 0 spiro atoms. The SMILES string of the molecule is C=C(C)C(=O)O.C=C(C)C(=O)O.CC=C(C)C(=O)O. The third-order valence-electron chi connectivity index (χ3n) is 1.50. The minimum Gasteiger partial charge on any atom is -0.478 e. The van der Waals surface area contributed by atoms with Crippen LogP contribution in [0.3, 0.4) is 0 Å². The van der Waals surface area contributed by atoms with Gasteiger partial charge in [-0.25, -0.2) is 14.4 Å². The highest BCUT2D eigenvalue weighted by molar-refractivity contribution is 5.85. The van der Waals surface area contributed by atoms with E-state index in [0.717, 1.165) is 0 Å². The second-order valence-corrected chi connectivity index (χ2v) is 3.45. The lowest BCUT2D eigenvalue weighted by molar-refractivity contribution is -0.133. The quantitative estimate of drug-likeness (QED) is 0.680. The van der Waals surface area contributed by atoms with Gasteiger partial charge >= 0.3 is 17.9 Å². The summed E-state index contributed by atoms with van der Waals surface area (Å²) in [6, 6.07) is 0. The van der Waals surface area contributed by atoms with Crippen LogP contribution in [0.4, 0.5) is 0 Å². The van der Waals surface area contributed by atoms with E-state index < -0.39 is 17.9 Å². The third-order valence-corrected chi connectivity index (χ3v) is 1.50. The summed E-state index contributed by atoms with van der Waals surface area (Å²) in [5.41, 5.74) is 0.741. The standard InChI is InChI=1S/C5H8O2.2C4H6O2/c1-3-4(2)5(6)7;2*1-3(2)4(5)6/h3H,1-2H3,(H,6,7);2*1H2,2H3,(H,5,6). The number of hydrogen-bond donors (Lipinski definition) is 3. The van der Waals surface area contributed by atoms with E-state index in [1.165, 1.54) is 13.8 Å². The first-order valence-corrected chi connectivity index (χ1v) is 5.11. The van der Waals surface area contributed by atoms with E-state index in [0.29, 0.717) is 5.57 Å². The van der Waals surface area contributed by atoms with E-state index in [9.17, 15) is 14.4 Å². The molecular formula is C13H20O6. The summed E-state index contributed by atoms with van der Waals surface area (Å²) >= 11 is 0. The van der Waals surface area contributed by atoms with E-state index in [1.807, 2.05) is 0 Å². The molecule has 0 aromatic heterocycles. The predicted octanol–water partition coefficient (Wildman–Crippen LogP) is 2.33. The molecule has 19 heavy (non-hydrogen) atoms. The molecule has 0 bridgehead atoms. The molecule has 108 valence electrons. The lowest BCUT2D eigenvalue weighted by atomic mass is 10.3. The number of carboxylic acid groups (broad SMARTS) is 3. The molecule has 0 amide bonds. The molecule has 6 heteroatoms. The molecule has 0 aliphatic heterocycles. The van der Waals surface area contributed by atoms with Crippen LogP contribution in [0.1, 0.15) is 27.7 Å². The molecular weight excluding hydrogens is 252 g/mol. The molecule has 0 heterocycles. The Kier molecular flexibility index (Phi) is 13.9. The van der Waals surface area contributed by atoms with Crippen molar-refractivity contribution in [2.24, 2.45) is 0 Å². The molecule has 0 radical (unpaired) electrons. The van der Waals surface area contributed by atoms with Crippen LogP contribution in [0.2, 0.25) is 0 Å². The van der Waals surface area contributed by atoms with Crippen molar-refractivity contribution >= 4 is 17.9 Å². The van der Waals surface area contributed by atoms with Crippen molar-refractivity contribution in [2.75, 3.05) is 0 Å². The van der Waals surface area contributed by atoms with E-state index >= 15 is 0 Å². The monoisotopic (exact) mass is 272 g/mol. The lowest BCUT2D eigenvalue weighted by Gasteiger charge is -1.84. The number of hydrogen-bond acceptors (Lipinski definition) is 3. The van der Waals surface area contributed by atoms with E-state index in [1.54, 1.807) is 19.9 Å². The number of allylic oxidation sites excluding steroid dienone is 1. The fourth-order valence-electron chi connectivity index (χ4n) is 0.123. The van der Waals surface area contributed by atoms with Crippen LogP contribution in [-0.2, 0) is 14.4 Å². The van der Waals surface area contributed by atoms with Gasteiger partial charge < -0.3 is 15.3 Å². The van der Waals surface area contributed by atoms with Gasteiger partial charge in [-0.1, -0.05) is 19.2 Å². The molecule has 0 fully saturated rings. The highest BCUT2D eigenvalue weighted by atomic mass is 16.4. The van der Waals surface area contributed by atoms with Crippen molar-refractivity contribution in [1.29, 1.82) is 0 Å². The van der Waals surface area contributed by atoms with Crippen molar-refractivity contribution in [2.45, 2.75) is 27.7 Å². The maximum Gasteiger partial charge on any atom is 0.330 e. The van der Waals surface area contributed by atoms with E-state index in [4.69, 9.17) is 15.3 Å². The van der Waals surface area contributed by atoms with Crippen LogP contribution in [0.15, 0.2) is 36.0 Å². The number of carboxylic acids is 3. The molecule has 0 saturated carbocycles. The van der Waals surface area contributed by atoms with Crippen LogP contribution in [0.25, 0.3) is 0 Å². The van der Waals surface area contributed by atoms with Crippen LogP contribution >= 0.6 is 0 Å². The second kappa shape index (κ2) is 12.1. The van der Waals surface area contributed by atoms with E-state index in [2.05, 4.69) is 13.2 Å². The summed E-state index contributed by atoms with van der Waals surface area (Å²) in [6.07, 6.45) is 1.56. The maximum absolute atomic E-state index is 9.86. The lowest BCUT2D eigenvalue weighted by Crippen LogP contribution is -1.93. The van der Waals surface area contributed by atoms with Gasteiger partial charge in [0, 0.05) is 16.7 Å². The van der Waals surface area contributed by atoms with Crippen molar-refractivity contribution in [3.63, 3.8) is 0 Å². The van der Waals surface area contributed by atoms with Crippen molar-refractivity contribution in [1.82, 2.24) is 0 Å². The molecule has 0 unspecified atom stereocenters. The average Bonchev–Trinajstić information content (AvgIpc) is 2.29. The molecule has 0 atom stereocenters. The average molecular weight is 272 g/mol. The van der Waals surface area contributed by atoms with Gasteiger partial charge in [0.1, 0.15) is 0 Å². The molecule has 3 N–H and O–H groups in total. The Morgan fingerprint density at radius 3 is 1.00 bits per heavy atom.